The maximum atomic E-state index is 10.7. The van der Waals surface area contributed by atoms with Gasteiger partial charge in [0.05, 0.1) is 18.7 Å². The van der Waals surface area contributed by atoms with Crippen LogP contribution in [-0.4, -0.2) is 9.91 Å². The monoisotopic (exact) mass is 407 g/mol. The lowest BCUT2D eigenvalue weighted by molar-refractivity contribution is -0.385. The van der Waals surface area contributed by atoms with E-state index in [4.69, 9.17) is 10.5 Å². The number of nitro groups is 1. The number of hydrogen-bond acceptors (Lipinski definition) is 6. The standard InChI is InChI=1S/C10H7Br2N3O3S/c11-7-1-5(15(16)17)2-8(12)9(7)18-4-6-3-14-10(13)19-6/h1-3H,4H2,(H2,13,14). The number of halogens is 2. The van der Waals surface area contributed by atoms with Crippen LogP contribution < -0.4 is 10.5 Å². The SMILES string of the molecule is Nc1ncc(COc2c(Br)cc([N+](=O)[O-])cc2Br)s1. The van der Waals surface area contributed by atoms with Crippen molar-refractivity contribution in [2.75, 3.05) is 5.73 Å². The van der Waals surface area contributed by atoms with Crippen LogP contribution in [-0.2, 0) is 6.61 Å². The van der Waals surface area contributed by atoms with Crippen LogP contribution in [0.3, 0.4) is 0 Å². The topological polar surface area (TPSA) is 91.3 Å². The third-order valence-electron chi connectivity index (χ3n) is 2.12. The lowest BCUT2D eigenvalue weighted by atomic mass is 10.3. The van der Waals surface area contributed by atoms with Crippen LogP contribution in [0.2, 0.25) is 0 Å². The van der Waals surface area contributed by atoms with E-state index < -0.39 is 4.92 Å². The molecular formula is C10H7Br2N3O3S. The highest BCUT2D eigenvalue weighted by Crippen LogP contribution is 2.37. The number of nitrogens with two attached hydrogens (primary N) is 1. The molecular weight excluding hydrogens is 402 g/mol. The van der Waals surface area contributed by atoms with Gasteiger partial charge in [0.15, 0.2) is 5.13 Å². The van der Waals surface area contributed by atoms with Crippen molar-refractivity contribution in [1.82, 2.24) is 4.98 Å². The summed E-state index contributed by atoms with van der Waals surface area (Å²) in [5.74, 6) is 0.498. The molecule has 0 amide bonds. The van der Waals surface area contributed by atoms with Crippen LogP contribution in [0.4, 0.5) is 10.8 Å². The molecule has 0 unspecified atom stereocenters. The van der Waals surface area contributed by atoms with Gasteiger partial charge in [-0.2, -0.15) is 0 Å². The summed E-state index contributed by atoms with van der Waals surface area (Å²) in [4.78, 5) is 15.0. The number of ether oxygens (including phenoxy) is 1. The van der Waals surface area contributed by atoms with Gasteiger partial charge in [-0.15, -0.1) is 0 Å². The Hall–Kier alpha value is -1.19. The molecule has 0 aliphatic carbocycles. The zero-order valence-electron chi connectivity index (χ0n) is 9.30. The summed E-state index contributed by atoms with van der Waals surface area (Å²) < 4.78 is 6.61. The molecule has 0 aliphatic rings. The predicted molar refractivity (Wildman–Crippen MR) is 79.4 cm³/mol. The normalized spacial score (nSPS) is 10.4. The van der Waals surface area contributed by atoms with Crippen molar-refractivity contribution in [2.45, 2.75) is 6.61 Å². The van der Waals surface area contributed by atoms with Gasteiger partial charge in [-0.1, -0.05) is 11.3 Å². The summed E-state index contributed by atoms with van der Waals surface area (Å²) in [6.45, 7) is 0.296. The average molecular weight is 409 g/mol. The third-order valence-corrected chi connectivity index (χ3v) is 4.10. The van der Waals surface area contributed by atoms with Gasteiger partial charge in [0.1, 0.15) is 12.4 Å². The fourth-order valence-electron chi connectivity index (χ4n) is 1.32. The minimum Gasteiger partial charge on any atom is -0.486 e. The second kappa shape index (κ2) is 5.85. The number of nitrogen functional groups attached to an aromatic ring is 1. The molecule has 19 heavy (non-hydrogen) atoms. The van der Waals surface area contributed by atoms with Crippen LogP contribution in [0, 0.1) is 10.1 Å². The van der Waals surface area contributed by atoms with Crippen LogP contribution in [0.1, 0.15) is 4.88 Å². The number of anilines is 1. The highest BCUT2D eigenvalue weighted by Gasteiger charge is 2.15. The fraction of sp³-hybridized carbons (Fsp3) is 0.100. The first-order valence-electron chi connectivity index (χ1n) is 4.94. The molecule has 9 heteroatoms. The molecule has 1 aromatic heterocycles. The van der Waals surface area contributed by atoms with E-state index >= 15 is 0 Å². The van der Waals surface area contributed by atoms with Gasteiger partial charge in [0, 0.05) is 18.3 Å². The van der Waals surface area contributed by atoms with Crippen LogP contribution in [0.5, 0.6) is 5.75 Å². The van der Waals surface area contributed by atoms with E-state index in [-0.39, 0.29) is 5.69 Å². The number of thiazole rings is 1. The van der Waals surface area contributed by atoms with Crippen molar-refractivity contribution in [3.63, 3.8) is 0 Å². The summed E-state index contributed by atoms with van der Waals surface area (Å²) in [6.07, 6.45) is 1.63. The van der Waals surface area contributed by atoms with Crippen molar-refractivity contribution in [2.24, 2.45) is 0 Å². The molecule has 100 valence electrons. The molecule has 0 fully saturated rings. The summed E-state index contributed by atoms with van der Waals surface area (Å²) >= 11 is 7.83. The smallest absolute Gasteiger partial charge is 0.271 e. The number of nitro benzene ring substituents is 1. The molecule has 0 radical (unpaired) electrons. The highest BCUT2D eigenvalue weighted by molar-refractivity contribution is 9.11. The van der Waals surface area contributed by atoms with Gasteiger partial charge in [0.25, 0.3) is 5.69 Å². The zero-order valence-corrected chi connectivity index (χ0v) is 13.3. The molecule has 2 rings (SSSR count). The molecule has 2 aromatic rings. The van der Waals surface area contributed by atoms with Crippen molar-refractivity contribution >= 4 is 54.0 Å². The maximum absolute atomic E-state index is 10.7. The largest absolute Gasteiger partial charge is 0.486 e. The van der Waals surface area contributed by atoms with E-state index in [1.54, 1.807) is 6.20 Å². The van der Waals surface area contributed by atoms with Crippen molar-refractivity contribution in [1.29, 1.82) is 0 Å². The average Bonchev–Trinajstić information content (AvgIpc) is 2.73. The Labute approximate surface area is 129 Å². The van der Waals surface area contributed by atoms with Crippen molar-refractivity contribution < 1.29 is 9.66 Å². The first kappa shape index (κ1) is 14.2. The Morgan fingerprint density at radius 3 is 2.53 bits per heavy atom. The molecule has 0 aliphatic heterocycles. The van der Waals surface area contributed by atoms with Crippen molar-refractivity contribution in [3.05, 3.63) is 42.3 Å². The number of aromatic nitrogens is 1. The van der Waals surface area contributed by atoms with Gasteiger partial charge < -0.3 is 10.5 Å². The molecule has 2 N–H and O–H groups in total. The number of benzene rings is 1. The summed E-state index contributed by atoms with van der Waals surface area (Å²) in [7, 11) is 0. The molecule has 1 aromatic carbocycles. The molecule has 0 atom stereocenters. The molecule has 0 spiro atoms. The number of hydrogen-bond donors (Lipinski definition) is 1. The molecule has 0 saturated heterocycles. The Balaban J connectivity index is 2.18. The lowest BCUT2D eigenvalue weighted by Gasteiger charge is -2.08. The van der Waals surface area contributed by atoms with Crippen LogP contribution >= 0.6 is 43.2 Å². The second-order valence-corrected chi connectivity index (χ2v) is 6.30. The van der Waals surface area contributed by atoms with E-state index in [1.807, 2.05) is 0 Å². The Morgan fingerprint density at radius 2 is 2.05 bits per heavy atom. The second-order valence-electron chi connectivity index (χ2n) is 3.45. The van der Waals surface area contributed by atoms with Gasteiger partial charge >= 0.3 is 0 Å². The summed E-state index contributed by atoms with van der Waals surface area (Å²) in [5, 5.41) is 11.2. The Bertz CT molecular complexity index is 609. The Morgan fingerprint density at radius 1 is 1.42 bits per heavy atom. The predicted octanol–water partition coefficient (Wildman–Crippen LogP) is 3.74. The molecule has 0 bridgehead atoms. The van der Waals surface area contributed by atoms with E-state index in [1.165, 1.54) is 23.5 Å². The number of non-ortho nitro benzene ring substituents is 1. The van der Waals surface area contributed by atoms with Crippen LogP contribution in [0.25, 0.3) is 0 Å². The first-order valence-corrected chi connectivity index (χ1v) is 7.34. The number of nitrogens with zero attached hydrogens (tertiary/aromatic N) is 2. The van der Waals surface area contributed by atoms with E-state index in [0.717, 1.165) is 4.88 Å². The summed E-state index contributed by atoms with van der Waals surface area (Å²) in [6, 6.07) is 2.78. The van der Waals surface area contributed by atoms with Gasteiger partial charge in [-0.3, -0.25) is 10.1 Å². The third kappa shape index (κ3) is 3.43. The first-order chi connectivity index (χ1) is 8.97. The zero-order chi connectivity index (χ0) is 14.0. The van der Waals surface area contributed by atoms with E-state index in [2.05, 4.69) is 36.8 Å². The maximum Gasteiger partial charge on any atom is 0.271 e. The van der Waals surface area contributed by atoms with Crippen LogP contribution in [0.15, 0.2) is 27.3 Å². The minimum atomic E-state index is -0.469. The number of rotatable bonds is 4. The lowest BCUT2D eigenvalue weighted by Crippen LogP contribution is -1.96. The van der Waals surface area contributed by atoms with E-state index in [9.17, 15) is 10.1 Å². The van der Waals surface area contributed by atoms with E-state index in [0.29, 0.717) is 26.4 Å². The van der Waals surface area contributed by atoms with Gasteiger partial charge in [0.2, 0.25) is 0 Å². The molecule has 0 saturated carbocycles. The summed E-state index contributed by atoms with van der Waals surface area (Å²) in [5.41, 5.74) is 5.50. The minimum absolute atomic E-state index is 0.0202. The van der Waals surface area contributed by atoms with Crippen molar-refractivity contribution in [3.8, 4) is 5.75 Å². The quantitative estimate of drug-likeness (QED) is 0.614. The molecule has 1 heterocycles. The van der Waals surface area contributed by atoms with Gasteiger partial charge in [-0.25, -0.2) is 4.98 Å². The van der Waals surface area contributed by atoms with Gasteiger partial charge in [-0.05, 0) is 31.9 Å². The highest BCUT2D eigenvalue weighted by atomic mass is 79.9. The fourth-order valence-corrected chi connectivity index (χ4v) is 3.31. The Kier molecular flexibility index (Phi) is 4.38. The molecule has 6 nitrogen and oxygen atoms in total.